The van der Waals surface area contributed by atoms with Gasteiger partial charge in [-0.1, -0.05) is 30.3 Å². The third kappa shape index (κ3) is 11.6. The zero-order chi connectivity index (χ0) is 28.9. The number of aliphatic hydroxyl groups excluding tert-OH is 1. The number of carbonyl (C=O) groups is 5. The normalized spacial score (nSPS) is 13.4. The number of amides is 4. The van der Waals surface area contributed by atoms with Crippen LogP contribution in [0.1, 0.15) is 52.5 Å². The number of ether oxygens (including phenoxy) is 2. The number of nitrogens with zero attached hydrogens (tertiary/aromatic N) is 1. The maximum Gasteiger partial charge on any atom is 0.418 e. The van der Waals surface area contributed by atoms with Gasteiger partial charge in [-0.3, -0.25) is 9.59 Å². The van der Waals surface area contributed by atoms with E-state index in [0.29, 0.717) is 11.3 Å². The molecule has 0 aliphatic carbocycles. The molecule has 0 spiro atoms. The summed E-state index contributed by atoms with van der Waals surface area (Å²) in [5.41, 5.74) is 5.35. The lowest BCUT2D eigenvalue weighted by atomic mass is 10.1. The van der Waals surface area contributed by atoms with Crippen molar-refractivity contribution in [1.82, 2.24) is 15.5 Å². The molecule has 0 bridgehead atoms. The smallest absolute Gasteiger partial charge is 0.418 e. The topological polar surface area (TPSA) is 198 Å². The van der Waals surface area contributed by atoms with E-state index in [0.717, 1.165) is 5.56 Å². The fraction of sp³-hybridized carbons (Fsp3) is 0.560. The molecule has 0 fully saturated rings. The van der Waals surface area contributed by atoms with Crippen LogP contribution < -0.4 is 16.4 Å². The summed E-state index contributed by atoms with van der Waals surface area (Å²) in [6.45, 7) is 5.19. The lowest BCUT2D eigenvalue weighted by Gasteiger charge is -2.32. The summed E-state index contributed by atoms with van der Waals surface area (Å²) >= 11 is 0. The largest absolute Gasteiger partial charge is 0.480 e. The van der Waals surface area contributed by atoms with E-state index in [9.17, 15) is 34.2 Å². The van der Waals surface area contributed by atoms with E-state index in [2.05, 4.69) is 10.6 Å². The van der Waals surface area contributed by atoms with E-state index < -0.39 is 60.3 Å². The second-order valence-electron chi connectivity index (χ2n) is 9.56. The fourth-order valence-corrected chi connectivity index (χ4v) is 3.12. The van der Waals surface area contributed by atoms with Crippen molar-refractivity contribution >= 4 is 30.0 Å². The lowest BCUT2D eigenvalue weighted by molar-refractivity contribution is -0.152. The summed E-state index contributed by atoms with van der Waals surface area (Å²) in [6.07, 6.45) is -1.28. The van der Waals surface area contributed by atoms with E-state index in [1.54, 1.807) is 0 Å². The van der Waals surface area contributed by atoms with Crippen LogP contribution in [0.3, 0.4) is 0 Å². The van der Waals surface area contributed by atoms with Gasteiger partial charge in [0.2, 0.25) is 5.91 Å². The van der Waals surface area contributed by atoms with Crippen LogP contribution in [0.2, 0.25) is 0 Å². The highest BCUT2D eigenvalue weighted by Crippen LogP contribution is 2.16. The number of alkyl carbamates (subject to hydrolysis) is 1. The maximum atomic E-state index is 13.3. The molecule has 0 saturated heterocycles. The number of carboxylic acid groups (broad SMARTS) is 1. The highest BCUT2D eigenvalue weighted by atomic mass is 16.6. The third-order valence-corrected chi connectivity index (χ3v) is 5.03. The highest BCUT2D eigenvalue weighted by Gasteiger charge is 2.40. The molecule has 4 amide bonds. The molecule has 0 radical (unpaired) electrons. The summed E-state index contributed by atoms with van der Waals surface area (Å²) < 4.78 is 10.3. The molecule has 1 aromatic rings. The van der Waals surface area contributed by atoms with E-state index in [1.807, 2.05) is 30.3 Å². The van der Waals surface area contributed by atoms with Gasteiger partial charge in [0, 0.05) is 6.54 Å². The van der Waals surface area contributed by atoms with E-state index >= 15 is 0 Å². The van der Waals surface area contributed by atoms with E-state index in [-0.39, 0.29) is 26.0 Å². The predicted molar refractivity (Wildman–Crippen MR) is 136 cm³/mol. The molecule has 1 aromatic carbocycles. The summed E-state index contributed by atoms with van der Waals surface area (Å²) in [5, 5.41) is 24.1. The van der Waals surface area contributed by atoms with Gasteiger partial charge in [-0.25, -0.2) is 19.3 Å². The zero-order valence-electron chi connectivity index (χ0n) is 22.1. The molecular formula is C25H38N4O9. The molecule has 0 saturated carbocycles. The number of hydrogen-bond acceptors (Lipinski definition) is 9. The van der Waals surface area contributed by atoms with Crippen molar-refractivity contribution in [3.63, 3.8) is 0 Å². The van der Waals surface area contributed by atoms with Gasteiger partial charge in [-0.15, -0.1) is 0 Å². The first kappa shape index (κ1) is 32.3. The average molecular weight is 539 g/mol. The minimum Gasteiger partial charge on any atom is -0.480 e. The molecule has 3 atom stereocenters. The number of benzene rings is 1. The van der Waals surface area contributed by atoms with E-state index in [1.165, 1.54) is 27.7 Å². The van der Waals surface area contributed by atoms with Crippen molar-refractivity contribution in [3.05, 3.63) is 35.9 Å². The highest BCUT2D eigenvalue weighted by molar-refractivity contribution is 6.00. The van der Waals surface area contributed by atoms with Crippen LogP contribution in [-0.2, 0) is 30.5 Å². The predicted octanol–water partition coefficient (Wildman–Crippen LogP) is 1.12. The third-order valence-electron chi connectivity index (χ3n) is 5.03. The van der Waals surface area contributed by atoms with Crippen molar-refractivity contribution < 1.29 is 43.7 Å². The number of imide groups is 1. The Balaban J connectivity index is 2.85. The van der Waals surface area contributed by atoms with Crippen LogP contribution in [0.15, 0.2) is 30.3 Å². The van der Waals surface area contributed by atoms with Gasteiger partial charge in [0.05, 0.1) is 12.6 Å². The summed E-state index contributed by atoms with van der Waals surface area (Å²) in [6, 6.07) is 4.84. The second kappa shape index (κ2) is 15.5. The number of rotatable bonds is 13. The number of hydrogen-bond donors (Lipinski definition) is 5. The number of carboxylic acids is 1. The Kier molecular flexibility index (Phi) is 13.2. The van der Waals surface area contributed by atoms with Gasteiger partial charge in [-0.05, 0) is 52.5 Å². The van der Waals surface area contributed by atoms with Crippen molar-refractivity contribution in [2.24, 2.45) is 5.73 Å². The molecule has 0 heterocycles. The number of carbonyl (C=O) groups excluding carboxylic acids is 4. The SMILES string of the molecule is C[C@H](N)C(=O)N[C@@H](CCCCNC(=O)OCc1ccccc1)C(=O)N(C(=O)OC(C)(C)C)[C@@H](CO)C(=O)O. The molecule has 1 rings (SSSR count). The molecule has 0 aliphatic rings. The maximum absolute atomic E-state index is 13.3. The van der Waals surface area contributed by atoms with Gasteiger partial charge in [0.1, 0.15) is 18.2 Å². The van der Waals surface area contributed by atoms with Crippen LogP contribution in [0.25, 0.3) is 0 Å². The number of nitrogens with one attached hydrogen (secondary N) is 2. The minimum atomic E-state index is -1.94. The molecule has 0 unspecified atom stereocenters. The van der Waals surface area contributed by atoms with Crippen LogP contribution in [0.4, 0.5) is 9.59 Å². The Hall–Kier alpha value is -3.71. The van der Waals surface area contributed by atoms with Gasteiger partial charge in [0.25, 0.3) is 5.91 Å². The van der Waals surface area contributed by atoms with Crippen LogP contribution in [-0.4, -0.2) is 82.0 Å². The van der Waals surface area contributed by atoms with Crippen LogP contribution in [0, 0.1) is 0 Å². The summed E-state index contributed by atoms with van der Waals surface area (Å²) in [4.78, 5) is 62.2. The molecule has 13 heteroatoms. The van der Waals surface area contributed by atoms with Crippen LogP contribution >= 0.6 is 0 Å². The standard InChI is InChI=1S/C25H38N4O9/c1-16(26)20(31)28-18(12-8-9-13-27-23(35)37-15-17-10-6-5-7-11-17)21(32)29(19(14-30)22(33)34)24(36)38-25(2,3)4/h5-7,10-11,16,18-19,30H,8-9,12-15,26H2,1-4H3,(H,27,35)(H,28,31)(H,33,34)/t16-,18-,19-/m0/s1. The van der Waals surface area contributed by atoms with E-state index in [4.69, 9.17) is 15.2 Å². The number of nitrogens with two attached hydrogens (primary N) is 1. The molecule has 38 heavy (non-hydrogen) atoms. The average Bonchev–Trinajstić information content (AvgIpc) is 2.83. The number of aliphatic hydroxyl groups is 1. The van der Waals surface area contributed by atoms with Crippen molar-refractivity contribution in [2.75, 3.05) is 13.2 Å². The van der Waals surface area contributed by atoms with Crippen LogP contribution in [0.5, 0.6) is 0 Å². The van der Waals surface area contributed by atoms with Gasteiger partial charge in [0.15, 0.2) is 6.04 Å². The Labute approximate surface area is 221 Å². The summed E-state index contributed by atoms with van der Waals surface area (Å²) in [5.74, 6) is -3.42. The second-order valence-corrected chi connectivity index (χ2v) is 9.56. The van der Waals surface area contributed by atoms with Gasteiger partial charge in [-0.2, -0.15) is 0 Å². The minimum absolute atomic E-state index is 0.0187. The number of unbranched alkanes of at least 4 members (excludes halogenated alkanes) is 1. The van der Waals surface area contributed by atoms with Crippen molar-refractivity contribution in [3.8, 4) is 0 Å². The molecule has 6 N–H and O–H groups in total. The van der Waals surface area contributed by atoms with Gasteiger partial charge >= 0.3 is 18.2 Å². The first-order valence-electron chi connectivity index (χ1n) is 12.2. The Morgan fingerprint density at radius 2 is 1.71 bits per heavy atom. The zero-order valence-corrected chi connectivity index (χ0v) is 22.1. The quantitative estimate of drug-likeness (QED) is 0.227. The Morgan fingerprint density at radius 3 is 2.24 bits per heavy atom. The van der Waals surface area contributed by atoms with Crippen molar-refractivity contribution in [1.29, 1.82) is 0 Å². The first-order valence-corrected chi connectivity index (χ1v) is 12.2. The van der Waals surface area contributed by atoms with Gasteiger partial charge < -0.3 is 36.1 Å². The molecule has 0 aromatic heterocycles. The monoisotopic (exact) mass is 538 g/mol. The Morgan fingerprint density at radius 1 is 1.08 bits per heavy atom. The molecular weight excluding hydrogens is 500 g/mol. The summed E-state index contributed by atoms with van der Waals surface area (Å²) in [7, 11) is 0. The molecule has 0 aliphatic heterocycles. The molecule has 13 nitrogen and oxygen atoms in total. The number of aliphatic carboxylic acids is 1. The fourth-order valence-electron chi connectivity index (χ4n) is 3.12. The van der Waals surface area contributed by atoms with Crippen molar-refractivity contribution in [2.45, 2.75) is 77.3 Å². The molecule has 212 valence electrons. The first-order chi connectivity index (χ1) is 17.8. The lowest BCUT2D eigenvalue weighted by Crippen LogP contribution is -2.59. The Bertz CT molecular complexity index is 948.